The molecule has 3 aromatic rings. The molecule has 0 spiro atoms. The molecule has 0 fully saturated rings. The van der Waals surface area contributed by atoms with Crippen LogP contribution in [0, 0.1) is 13.8 Å². The zero-order valence-electron chi connectivity index (χ0n) is 14.9. The van der Waals surface area contributed by atoms with Gasteiger partial charge in [-0.1, -0.05) is 29.8 Å². The Morgan fingerprint density at radius 1 is 0.963 bits per heavy atom. The molecule has 1 N–H and O–H groups in total. The van der Waals surface area contributed by atoms with Gasteiger partial charge in [-0.25, -0.2) is 4.99 Å². The molecule has 4 nitrogen and oxygen atoms in total. The van der Waals surface area contributed by atoms with Crippen molar-refractivity contribution in [3.05, 3.63) is 82.4 Å². The number of hydrogen-bond donors (Lipinski definition) is 1. The average molecular weight is 377 g/mol. The van der Waals surface area contributed by atoms with Crippen LogP contribution in [-0.2, 0) is 4.79 Å². The highest BCUT2D eigenvalue weighted by Crippen LogP contribution is 2.33. The minimum atomic E-state index is -0.226. The number of nitrogens with zero attached hydrogens (tertiary/aromatic N) is 1. The van der Waals surface area contributed by atoms with E-state index in [-0.39, 0.29) is 5.91 Å². The van der Waals surface area contributed by atoms with Gasteiger partial charge in [0.05, 0.1) is 11.4 Å². The third-order valence-electron chi connectivity index (χ3n) is 4.51. The molecule has 0 bridgehead atoms. The lowest BCUT2D eigenvalue weighted by atomic mass is 10.1. The largest absolute Gasteiger partial charge is 0.457 e. The highest BCUT2D eigenvalue weighted by Gasteiger charge is 2.28. The number of anilines is 1. The minimum Gasteiger partial charge on any atom is -0.457 e. The van der Waals surface area contributed by atoms with E-state index in [2.05, 4.69) is 10.3 Å². The van der Waals surface area contributed by atoms with Gasteiger partial charge in [0, 0.05) is 10.6 Å². The second kappa shape index (κ2) is 6.89. The van der Waals surface area contributed by atoms with Gasteiger partial charge in [-0.3, -0.25) is 4.79 Å². The van der Waals surface area contributed by atoms with Gasteiger partial charge in [-0.2, -0.15) is 0 Å². The summed E-state index contributed by atoms with van der Waals surface area (Å²) in [6.45, 7) is 3.88. The summed E-state index contributed by atoms with van der Waals surface area (Å²) in [6, 6.07) is 18.8. The number of hydrogen-bond acceptors (Lipinski definition) is 3. The SMILES string of the molecule is Cc1ccccc1Oc1ccc(N=C2C(=O)Nc3c2ccc(Cl)c3C)cc1. The smallest absolute Gasteiger partial charge is 0.275 e. The lowest BCUT2D eigenvalue weighted by Gasteiger charge is -2.08. The van der Waals surface area contributed by atoms with E-state index in [1.165, 1.54) is 0 Å². The van der Waals surface area contributed by atoms with Crippen molar-refractivity contribution in [2.75, 3.05) is 5.32 Å². The maximum Gasteiger partial charge on any atom is 0.275 e. The van der Waals surface area contributed by atoms with Crippen molar-refractivity contribution in [1.29, 1.82) is 0 Å². The Kier molecular flexibility index (Phi) is 4.42. The predicted molar refractivity (Wildman–Crippen MR) is 109 cm³/mol. The van der Waals surface area contributed by atoms with Crippen LogP contribution in [0.4, 0.5) is 11.4 Å². The Balaban J connectivity index is 1.62. The van der Waals surface area contributed by atoms with E-state index in [1.807, 2.05) is 68.4 Å². The van der Waals surface area contributed by atoms with Crippen molar-refractivity contribution in [2.24, 2.45) is 4.99 Å². The molecule has 0 atom stereocenters. The van der Waals surface area contributed by atoms with Crippen molar-refractivity contribution >= 4 is 34.6 Å². The summed E-state index contributed by atoms with van der Waals surface area (Å²) >= 11 is 6.14. The van der Waals surface area contributed by atoms with Crippen LogP contribution in [-0.4, -0.2) is 11.6 Å². The van der Waals surface area contributed by atoms with Crippen LogP contribution >= 0.6 is 11.6 Å². The maximum absolute atomic E-state index is 12.3. The highest BCUT2D eigenvalue weighted by atomic mass is 35.5. The van der Waals surface area contributed by atoms with Crippen LogP contribution in [0.15, 0.2) is 65.7 Å². The van der Waals surface area contributed by atoms with Crippen LogP contribution in [0.1, 0.15) is 16.7 Å². The number of halogens is 1. The van der Waals surface area contributed by atoms with E-state index in [0.29, 0.717) is 22.2 Å². The van der Waals surface area contributed by atoms with Crippen molar-refractivity contribution in [3.63, 3.8) is 0 Å². The minimum absolute atomic E-state index is 0.226. The Labute approximate surface area is 162 Å². The molecule has 1 aliphatic rings. The number of amides is 1. The van der Waals surface area contributed by atoms with E-state index in [1.54, 1.807) is 6.07 Å². The fourth-order valence-corrected chi connectivity index (χ4v) is 3.12. The third kappa shape index (κ3) is 3.32. The number of rotatable bonds is 3. The van der Waals surface area contributed by atoms with Gasteiger partial charge < -0.3 is 10.1 Å². The molecule has 0 radical (unpaired) electrons. The number of para-hydroxylation sites is 1. The fourth-order valence-electron chi connectivity index (χ4n) is 2.97. The summed E-state index contributed by atoms with van der Waals surface area (Å²) in [5.41, 5.74) is 4.47. The molecule has 1 heterocycles. The zero-order valence-corrected chi connectivity index (χ0v) is 15.7. The van der Waals surface area contributed by atoms with Crippen LogP contribution < -0.4 is 10.1 Å². The molecule has 3 aromatic carbocycles. The Morgan fingerprint density at radius 3 is 2.44 bits per heavy atom. The van der Waals surface area contributed by atoms with Gasteiger partial charge in [0.1, 0.15) is 17.2 Å². The summed E-state index contributed by atoms with van der Waals surface area (Å²) in [5.74, 6) is 1.30. The molecule has 4 rings (SSSR count). The second-order valence-electron chi connectivity index (χ2n) is 6.37. The van der Waals surface area contributed by atoms with Crippen molar-refractivity contribution in [1.82, 2.24) is 0 Å². The van der Waals surface area contributed by atoms with Gasteiger partial charge in [-0.05, 0) is 67.4 Å². The molecule has 27 heavy (non-hydrogen) atoms. The van der Waals surface area contributed by atoms with Crippen LogP contribution in [0.3, 0.4) is 0 Å². The normalized spacial score (nSPS) is 14.2. The maximum atomic E-state index is 12.3. The molecule has 0 saturated carbocycles. The van der Waals surface area contributed by atoms with Gasteiger partial charge in [0.2, 0.25) is 0 Å². The lowest BCUT2D eigenvalue weighted by molar-refractivity contribution is -0.110. The number of aliphatic imine (C=N–C) groups is 1. The van der Waals surface area contributed by atoms with E-state index >= 15 is 0 Å². The quantitative estimate of drug-likeness (QED) is 0.625. The third-order valence-corrected chi connectivity index (χ3v) is 4.92. The molecule has 0 saturated heterocycles. The molecule has 5 heteroatoms. The number of fused-ring (bicyclic) bond motifs is 1. The molecule has 134 valence electrons. The first-order valence-corrected chi connectivity index (χ1v) is 8.94. The Hall–Kier alpha value is -3.11. The van der Waals surface area contributed by atoms with E-state index in [4.69, 9.17) is 16.3 Å². The lowest BCUT2D eigenvalue weighted by Crippen LogP contribution is -2.13. The number of benzene rings is 3. The van der Waals surface area contributed by atoms with E-state index in [9.17, 15) is 4.79 Å². The summed E-state index contributed by atoms with van der Waals surface area (Å²) in [7, 11) is 0. The molecule has 0 unspecified atom stereocenters. The van der Waals surface area contributed by atoms with Gasteiger partial charge >= 0.3 is 0 Å². The number of ether oxygens (including phenoxy) is 1. The molecular weight excluding hydrogens is 360 g/mol. The van der Waals surface area contributed by atoms with Crippen LogP contribution in [0.5, 0.6) is 11.5 Å². The fraction of sp³-hybridized carbons (Fsp3) is 0.0909. The van der Waals surface area contributed by atoms with Gasteiger partial charge in [0.25, 0.3) is 5.91 Å². The number of aryl methyl sites for hydroxylation is 1. The summed E-state index contributed by atoms with van der Waals surface area (Å²) in [5, 5.41) is 3.47. The predicted octanol–water partition coefficient (Wildman–Crippen LogP) is 5.82. The first kappa shape index (κ1) is 17.3. The number of nitrogens with one attached hydrogen (secondary N) is 1. The monoisotopic (exact) mass is 376 g/mol. The molecule has 1 amide bonds. The first-order valence-electron chi connectivity index (χ1n) is 8.56. The van der Waals surface area contributed by atoms with Crippen molar-refractivity contribution < 1.29 is 9.53 Å². The molecule has 0 aliphatic carbocycles. The molecule has 0 aromatic heterocycles. The summed E-state index contributed by atoms with van der Waals surface area (Å²) < 4.78 is 5.90. The topological polar surface area (TPSA) is 50.7 Å². The number of carbonyl (C=O) groups excluding carboxylic acids is 1. The Bertz CT molecular complexity index is 1070. The van der Waals surface area contributed by atoms with Crippen LogP contribution in [0.2, 0.25) is 5.02 Å². The first-order chi connectivity index (χ1) is 13.0. The summed E-state index contributed by atoms with van der Waals surface area (Å²) in [4.78, 5) is 16.9. The average Bonchev–Trinajstić information content (AvgIpc) is 2.98. The van der Waals surface area contributed by atoms with E-state index < -0.39 is 0 Å². The highest BCUT2D eigenvalue weighted by molar-refractivity contribution is 6.54. The van der Waals surface area contributed by atoms with Gasteiger partial charge in [0.15, 0.2) is 0 Å². The summed E-state index contributed by atoms with van der Waals surface area (Å²) in [6.07, 6.45) is 0. The standard InChI is InChI=1S/C22H17ClN2O2/c1-13-5-3-4-6-19(13)27-16-9-7-15(8-10-16)24-21-17-11-12-18(23)14(2)20(17)25-22(21)26/h3-12H,1-2H3,(H,24,25,26). The Morgan fingerprint density at radius 2 is 1.70 bits per heavy atom. The van der Waals surface area contributed by atoms with Crippen molar-refractivity contribution in [2.45, 2.75) is 13.8 Å². The van der Waals surface area contributed by atoms with Crippen LogP contribution in [0.25, 0.3) is 0 Å². The van der Waals surface area contributed by atoms with Crippen molar-refractivity contribution in [3.8, 4) is 11.5 Å². The molecular formula is C22H17ClN2O2. The van der Waals surface area contributed by atoms with E-state index in [0.717, 1.165) is 28.1 Å². The molecule has 1 aliphatic heterocycles. The zero-order chi connectivity index (χ0) is 19.0. The second-order valence-corrected chi connectivity index (χ2v) is 6.78. The van der Waals surface area contributed by atoms with Gasteiger partial charge in [-0.15, -0.1) is 0 Å². The number of carbonyl (C=O) groups is 1.